The van der Waals surface area contributed by atoms with Crippen LogP contribution in [-0.4, -0.2) is 89.1 Å². The van der Waals surface area contributed by atoms with Crippen LogP contribution in [0.3, 0.4) is 0 Å². The van der Waals surface area contributed by atoms with Crippen LogP contribution in [0.15, 0.2) is 138 Å². The molecule has 0 N–H and O–H groups in total. The largest absolute Gasteiger partial charge is 0.452 e. The number of tetrazole rings is 1. The van der Waals surface area contributed by atoms with Crippen LogP contribution in [0.4, 0.5) is 0 Å². The van der Waals surface area contributed by atoms with Crippen LogP contribution in [0.1, 0.15) is 47.8 Å². The topological polar surface area (TPSA) is 129 Å². The number of β-lactam (4-membered cyclic amide) rings is 1. The fraction of sp³-hybridized carbons (Fsp3) is 0.262. The van der Waals surface area contributed by atoms with Gasteiger partial charge in [-0.25, -0.2) is 9.48 Å². The van der Waals surface area contributed by atoms with Crippen molar-refractivity contribution >= 4 is 58.6 Å². The SMILES string of the molecule is CO[C@@]1(N(CCC(=O)OC(c2ccccc2)c2ccccc2)C(C)=S)C(=O)N2C(C(=O)OC(c3ccccc3)c3ccccc3)=C(CSc3nnnn3C)CS[C@H]21. The number of thiocarbonyl (C=S) groups is 1. The van der Waals surface area contributed by atoms with Gasteiger partial charge in [-0.15, -0.1) is 16.9 Å². The van der Waals surface area contributed by atoms with Gasteiger partial charge < -0.3 is 19.1 Å². The zero-order chi connectivity index (χ0) is 39.9. The van der Waals surface area contributed by atoms with Gasteiger partial charge in [-0.05, 0) is 45.2 Å². The molecular formula is C42H40N6O6S3. The van der Waals surface area contributed by atoms with Crippen LogP contribution in [0, 0.1) is 0 Å². The van der Waals surface area contributed by atoms with Crippen molar-refractivity contribution in [1.29, 1.82) is 0 Å². The number of hydrogen-bond acceptors (Lipinski definition) is 12. The molecular weight excluding hydrogens is 781 g/mol. The third-order valence-electron chi connectivity index (χ3n) is 9.75. The fourth-order valence-corrected chi connectivity index (χ4v) is 9.71. The Bertz CT molecular complexity index is 2170. The predicted octanol–water partition coefficient (Wildman–Crippen LogP) is 6.52. The molecule has 12 nitrogen and oxygen atoms in total. The summed E-state index contributed by atoms with van der Waals surface area (Å²) >= 11 is 8.51. The molecule has 57 heavy (non-hydrogen) atoms. The van der Waals surface area contributed by atoms with Crippen LogP contribution in [-0.2, 0) is 35.6 Å². The van der Waals surface area contributed by atoms with Gasteiger partial charge in [0.25, 0.3) is 11.6 Å². The summed E-state index contributed by atoms with van der Waals surface area (Å²) in [6.07, 6.45) is -1.47. The molecule has 5 aromatic rings. The van der Waals surface area contributed by atoms with Crippen molar-refractivity contribution in [3.63, 3.8) is 0 Å². The number of fused-ring (bicyclic) bond motifs is 1. The molecule has 0 aliphatic carbocycles. The molecule has 0 radical (unpaired) electrons. The number of benzene rings is 4. The Labute approximate surface area is 344 Å². The van der Waals surface area contributed by atoms with E-state index < -0.39 is 41.2 Å². The van der Waals surface area contributed by atoms with E-state index in [0.717, 1.165) is 22.3 Å². The molecule has 292 valence electrons. The van der Waals surface area contributed by atoms with Gasteiger partial charge in [0, 0.05) is 32.2 Å². The number of carbonyl (C=O) groups is 3. The van der Waals surface area contributed by atoms with Gasteiger partial charge in [0.2, 0.25) is 5.16 Å². The van der Waals surface area contributed by atoms with Gasteiger partial charge in [-0.2, -0.15) is 0 Å². The average molecular weight is 821 g/mol. The lowest BCUT2D eigenvalue weighted by Gasteiger charge is -2.60. The number of ether oxygens (including phenoxy) is 3. The number of rotatable bonds is 15. The number of aromatic nitrogens is 4. The van der Waals surface area contributed by atoms with Crippen molar-refractivity contribution in [2.24, 2.45) is 7.05 Å². The Morgan fingerprint density at radius 2 is 1.39 bits per heavy atom. The Morgan fingerprint density at radius 1 is 0.877 bits per heavy atom. The molecule has 2 atom stereocenters. The molecule has 15 heteroatoms. The van der Waals surface area contributed by atoms with Crippen LogP contribution in [0.25, 0.3) is 0 Å². The van der Waals surface area contributed by atoms with Crippen molar-refractivity contribution in [2.45, 2.75) is 41.8 Å². The number of amides is 1. The molecule has 2 aliphatic heterocycles. The van der Waals surface area contributed by atoms with E-state index in [-0.39, 0.29) is 18.7 Å². The lowest BCUT2D eigenvalue weighted by atomic mass is 9.95. The van der Waals surface area contributed by atoms with Crippen LogP contribution >= 0.6 is 35.7 Å². The Balaban J connectivity index is 1.16. The highest BCUT2D eigenvalue weighted by Crippen LogP contribution is 2.51. The summed E-state index contributed by atoms with van der Waals surface area (Å²) in [5, 5.41) is 11.6. The van der Waals surface area contributed by atoms with E-state index >= 15 is 0 Å². The van der Waals surface area contributed by atoms with Crippen molar-refractivity contribution < 1.29 is 28.6 Å². The van der Waals surface area contributed by atoms with E-state index in [4.69, 9.17) is 26.4 Å². The molecule has 0 unspecified atom stereocenters. The summed E-state index contributed by atoms with van der Waals surface area (Å²) in [5.41, 5.74) is 2.41. The Morgan fingerprint density at radius 3 is 1.84 bits per heavy atom. The number of aryl methyl sites for hydroxylation is 1. The van der Waals surface area contributed by atoms with Crippen LogP contribution in [0.2, 0.25) is 0 Å². The lowest BCUT2D eigenvalue weighted by molar-refractivity contribution is -0.211. The molecule has 4 aromatic carbocycles. The van der Waals surface area contributed by atoms with Crippen molar-refractivity contribution in [3.05, 3.63) is 155 Å². The highest BCUT2D eigenvalue weighted by Gasteiger charge is 2.69. The van der Waals surface area contributed by atoms with Gasteiger partial charge in [-0.3, -0.25) is 14.5 Å². The van der Waals surface area contributed by atoms with Gasteiger partial charge in [0.1, 0.15) is 11.1 Å². The summed E-state index contributed by atoms with van der Waals surface area (Å²) < 4.78 is 20.1. The fourth-order valence-electron chi connectivity index (χ4n) is 7.00. The number of carbonyl (C=O) groups excluding carboxylic acids is 3. The normalized spacial score (nSPS) is 17.6. The summed E-state index contributed by atoms with van der Waals surface area (Å²) in [7, 11) is 3.17. The minimum absolute atomic E-state index is 0.0321. The maximum absolute atomic E-state index is 14.7. The van der Waals surface area contributed by atoms with Crippen molar-refractivity contribution in [2.75, 3.05) is 25.2 Å². The molecule has 1 amide bonds. The first kappa shape index (κ1) is 39.9. The van der Waals surface area contributed by atoms with E-state index in [1.165, 1.54) is 35.5 Å². The number of methoxy groups -OCH3 is 1. The molecule has 0 bridgehead atoms. The second-order valence-corrected chi connectivity index (χ2v) is 15.9. The highest BCUT2D eigenvalue weighted by molar-refractivity contribution is 8.01. The second-order valence-electron chi connectivity index (χ2n) is 13.3. The molecule has 1 fully saturated rings. The Hall–Kier alpha value is -5.35. The minimum atomic E-state index is -1.61. The molecule has 3 heterocycles. The van der Waals surface area contributed by atoms with E-state index in [1.807, 2.05) is 121 Å². The maximum atomic E-state index is 14.7. The van der Waals surface area contributed by atoms with E-state index in [9.17, 15) is 14.4 Å². The first-order chi connectivity index (χ1) is 27.7. The van der Waals surface area contributed by atoms with E-state index in [2.05, 4.69) is 15.5 Å². The first-order valence-electron chi connectivity index (χ1n) is 18.2. The van der Waals surface area contributed by atoms with Crippen LogP contribution < -0.4 is 0 Å². The van der Waals surface area contributed by atoms with Gasteiger partial charge in [0.05, 0.1) is 11.4 Å². The zero-order valence-corrected chi connectivity index (χ0v) is 33.9. The summed E-state index contributed by atoms with van der Waals surface area (Å²) in [5.74, 6) is -0.961. The number of nitrogens with zero attached hydrogens (tertiary/aromatic N) is 6. The molecule has 0 spiro atoms. The third kappa shape index (κ3) is 8.24. The number of hydrogen-bond donors (Lipinski definition) is 0. The van der Waals surface area contributed by atoms with Crippen molar-refractivity contribution in [1.82, 2.24) is 30.0 Å². The summed E-state index contributed by atoms with van der Waals surface area (Å²) in [4.78, 5) is 46.4. The van der Waals surface area contributed by atoms with Crippen LogP contribution in [0.5, 0.6) is 0 Å². The molecule has 1 aromatic heterocycles. The average Bonchev–Trinajstić information content (AvgIpc) is 3.67. The molecule has 0 saturated carbocycles. The third-order valence-corrected chi connectivity index (χ3v) is 12.4. The number of thioether (sulfide) groups is 2. The maximum Gasteiger partial charge on any atom is 0.356 e. The molecule has 1 saturated heterocycles. The van der Waals surface area contributed by atoms with Gasteiger partial charge in [0.15, 0.2) is 12.2 Å². The quantitative estimate of drug-likeness (QED) is 0.0374. The second kappa shape index (κ2) is 17.8. The highest BCUT2D eigenvalue weighted by atomic mass is 32.2. The van der Waals surface area contributed by atoms with E-state index in [1.54, 1.807) is 23.6 Å². The smallest absolute Gasteiger partial charge is 0.356 e. The molecule has 7 rings (SSSR count). The Kier molecular flexibility index (Phi) is 12.5. The van der Waals surface area contributed by atoms with Crippen molar-refractivity contribution in [3.8, 4) is 0 Å². The monoisotopic (exact) mass is 820 g/mol. The predicted molar refractivity (Wildman–Crippen MR) is 221 cm³/mol. The van der Waals surface area contributed by atoms with Gasteiger partial charge >= 0.3 is 11.9 Å². The standard InChI is InChI=1S/C42H40N6O6S3/c1-28(55)47(25-24-34(49)53-36(29-16-8-4-9-17-29)30-18-10-5-11-19-30)42(52-3)39(51)48-35(33(26-56-40(42)48)27-57-41-43-44-45-46(41)2)38(50)54-37(31-20-12-6-13-21-31)32-22-14-7-15-23-32/h4-23,36-37,40H,24-27H2,1-3H3/t40-,42-/m0/s1. The summed E-state index contributed by atoms with van der Waals surface area (Å²) in [6.45, 7) is 1.72. The van der Waals surface area contributed by atoms with Gasteiger partial charge in [-0.1, -0.05) is 145 Å². The zero-order valence-electron chi connectivity index (χ0n) is 31.5. The van der Waals surface area contributed by atoms with E-state index in [0.29, 0.717) is 27.2 Å². The first-order valence-corrected chi connectivity index (χ1v) is 20.6. The molecule has 2 aliphatic rings. The minimum Gasteiger partial charge on any atom is -0.452 e. The summed E-state index contributed by atoms with van der Waals surface area (Å²) in [6, 6.07) is 38.0. The number of esters is 2. The lowest BCUT2D eigenvalue weighted by Crippen LogP contribution is -2.81.